The molecule has 0 radical (unpaired) electrons. The van der Waals surface area contributed by atoms with E-state index in [9.17, 15) is 0 Å². The highest BCUT2D eigenvalue weighted by Gasteiger charge is 2.52. The number of hydrogen-bond acceptors (Lipinski definition) is 2. The molecule has 2 heterocycles. The summed E-state index contributed by atoms with van der Waals surface area (Å²) in [5.74, 6) is 0. The van der Waals surface area contributed by atoms with Crippen LogP contribution >= 0.6 is 11.3 Å². The zero-order chi connectivity index (χ0) is 44.5. The van der Waals surface area contributed by atoms with Crippen LogP contribution in [0.3, 0.4) is 0 Å². The second-order valence-corrected chi connectivity index (χ2v) is 19.4. The lowest BCUT2D eigenvalue weighted by Gasteiger charge is -2.32. The predicted octanol–water partition coefficient (Wildman–Crippen LogP) is 17.8. The van der Waals surface area contributed by atoms with Gasteiger partial charge in [0.25, 0.3) is 0 Å². The molecule has 0 unspecified atom stereocenters. The van der Waals surface area contributed by atoms with Gasteiger partial charge in [-0.15, -0.1) is 11.3 Å². The van der Waals surface area contributed by atoms with Crippen molar-refractivity contribution in [2.24, 2.45) is 0 Å². The van der Waals surface area contributed by atoms with Gasteiger partial charge in [0.05, 0.1) is 22.1 Å². The van der Waals surface area contributed by atoms with Crippen LogP contribution in [0, 0.1) is 0 Å². The molecule has 0 amide bonds. The minimum atomic E-state index is -0.442. The van der Waals surface area contributed by atoms with Gasteiger partial charge in [0.1, 0.15) is 0 Å². The molecule has 0 atom stereocenters. The summed E-state index contributed by atoms with van der Waals surface area (Å²) in [6.07, 6.45) is 0. The Labute approximate surface area is 397 Å². The normalized spacial score (nSPS) is 13.1. The van der Waals surface area contributed by atoms with Gasteiger partial charge < -0.3 is 9.47 Å². The van der Waals surface area contributed by atoms with Crippen molar-refractivity contribution in [2.45, 2.75) is 5.41 Å². The third kappa shape index (κ3) is 5.11. The van der Waals surface area contributed by atoms with Crippen LogP contribution in [0.25, 0.3) is 91.8 Å². The van der Waals surface area contributed by atoms with Crippen molar-refractivity contribution in [1.29, 1.82) is 0 Å². The number of benzene rings is 11. The molecule has 0 saturated carbocycles. The minimum Gasteiger partial charge on any atom is -0.310 e. The molecule has 2 aliphatic carbocycles. The number of thiophene rings is 1. The maximum atomic E-state index is 2.52. The molecule has 3 heteroatoms. The Balaban J connectivity index is 0.935. The van der Waals surface area contributed by atoms with Gasteiger partial charge in [0.15, 0.2) is 0 Å². The monoisotopic (exact) mass is 880 g/mol. The summed E-state index contributed by atoms with van der Waals surface area (Å²) in [4.78, 5) is 2.52. The second kappa shape index (κ2) is 14.3. The Hall–Kier alpha value is -8.50. The third-order valence-electron chi connectivity index (χ3n) is 15.0. The lowest BCUT2D eigenvalue weighted by Crippen LogP contribution is -2.26. The molecule has 0 saturated heterocycles. The van der Waals surface area contributed by atoms with Crippen molar-refractivity contribution in [2.75, 3.05) is 4.90 Å². The van der Waals surface area contributed by atoms with Crippen LogP contribution in [0.5, 0.6) is 0 Å². The van der Waals surface area contributed by atoms with Crippen molar-refractivity contribution in [3.63, 3.8) is 0 Å². The van der Waals surface area contributed by atoms with Gasteiger partial charge in [-0.3, -0.25) is 0 Å². The van der Waals surface area contributed by atoms with Crippen LogP contribution in [-0.4, -0.2) is 4.57 Å². The van der Waals surface area contributed by atoms with E-state index in [2.05, 4.69) is 252 Å². The summed E-state index contributed by atoms with van der Waals surface area (Å²) in [7, 11) is 0. The van der Waals surface area contributed by atoms with Crippen LogP contribution in [0.4, 0.5) is 17.1 Å². The first-order valence-corrected chi connectivity index (χ1v) is 24.3. The molecule has 0 aliphatic heterocycles. The van der Waals surface area contributed by atoms with Crippen LogP contribution in [0.2, 0.25) is 0 Å². The van der Waals surface area contributed by atoms with Crippen LogP contribution in [-0.2, 0) is 5.41 Å². The van der Waals surface area contributed by atoms with E-state index in [0.29, 0.717) is 0 Å². The Morgan fingerprint density at radius 2 is 0.941 bits per heavy atom. The van der Waals surface area contributed by atoms with E-state index in [1.54, 1.807) is 0 Å². The van der Waals surface area contributed by atoms with E-state index in [4.69, 9.17) is 0 Å². The number of nitrogens with zero attached hydrogens (tertiary/aromatic N) is 2. The van der Waals surface area contributed by atoms with Gasteiger partial charge in [-0.2, -0.15) is 0 Å². The fraction of sp³-hybridized carbons (Fsp3) is 0.0154. The van der Waals surface area contributed by atoms with E-state index in [1.165, 1.54) is 114 Å². The standard InChI is InChI=1S/C65H40N2S/c1-2-18-47-42(15-1)33-37-53-52-38-36-46(40-62(52)68-64(47)53)66(44-34-31-41(32-35-44)43-16-13-17-45(39-43)67-59-28-11-6-21-50(59)51-22-7-12-29-60(51)67)61-30-14-27-58-63(61)54-23-5-10-26-57(54)65(58)55-24-8-3-19-48(55)49-20-4-9-25-56(49)65/h1-40H. The topological polar surface area (TPSA) is 8.17 Å². The lowest BCUT2D eigenvalue weighted by molar-refractivity contribution is 0.794. The van der Waals surface area contributed by atoms with Gasteiger partial charge in [-0.1, -0.05) is 188 Å². The van der Waals surface area contributed by atoms with Crippen molar-refractivity contribution < 1.29 is 0 Å². The molecule has 11 aromatic carbocycles. The van der Waals surface area contributed by atoms with Crippen molar-refractivity contribution in [3.8, 4) is 39.1 Å². The highest BCUT2D eigenvalue weighted by Crippen LogP contribution is 2.64. The molecule has 0 N–H and O–H groups in total. The minimum absolute atomic E-state index is 0.442. The first-order valence-electron chi connectivity index (χ1n) is 23.5. The van der Waals surface area contributed by atoms with Crippen LogP contribution in [0.1, 0.15) is 22.3 Å². The van der Waals surface area contributed by atoms with E-state index in [1.807, 2.05) is 11.3 Å². The Bertz CT molecular complexity index is 4130. The van der Waals surface area contributed by atoms with Gasteiger partial charge >= 0.3 is 0 Å². The van der Waals surface area contributed by atoms with Gasteiger partial charge in [0.2, 0.25) is 0 Å². The van der Waals surface area contributed by atoms with Crippen LogP contribution in [0.15, 0.2) is 243 Å². The Kier molecular flexibility index (Phi) is 7.90. The number of anilines is 3. The Morgan fingerprint density at radius 1 is 0.368 bits per heavy atom. The average Bonchev–Trinajstić information content (AvgIpc) is 4.13. The average molecular weight is 881 g/mol. The molecule has 1 spiro atoms. The second-order valence-electron chi connectivity index (χ2n) is 18.3. The molecule has 0 fully saturated rings. The zero-order valence-electron chi connectivity index (χ0n) is 36.9. The number of para-hydroxylation sites is 2. The van der Waals surface area contributed by atoms with E-state index in [-0.39, 0.29) is 0 Å². The summed E-state index contributed by atoms with van der Waals surface area (Å²) >= 11 is 1.90. The molecular weight excluding hydrogens is 841 g/mol. The maximum Gasteiger partial charge on any atom is 0.0726 e. The predicted molar refractivity (Wildman–Crippen MR) is 288 cm³/mol. The summed E-state index contributed by atoms with van der Waals surface area (Å²) in [5, 5.41) is 7.72. The number of fused-ring (bicyclic) bond motifs is 18. The molecule has 0 bridgehead atoms. The summed E-state index contributed by atoms with van der Waals surface area (Å²) in [6, 6.07) is 90.5. The SMILES string of the molecule is c1cc(-c2ccc(N(c3ccc4c(c3)sc3c5ccccc5ccc43)c3cccc4c3-c3ccccc3C43c4ccccc4-c4ccccc43)cc2)cc(-n2c3ccccc3c3ccccc32)c1. The number of aromatic nitrogens is 1. The molecule has 316 valence electrons. The van der Waals surface area contributed by atoms with E-state index < -0.39 is 5.41 Å². The van der Waals surface area contributed by atoms with Gasteiger partial charge in [0, 0.05) is 53.6 Å². The maximum absolute atomic E-state index is 2.52. The first kappa shape index (κ1) is 37.7. The van der Waals surface area contributed by atoms with Crippen molar-refractivity contribution >= 4 is 81.1 Å². The number of hydrogen-bond donors (Lipinski definition) is 0. The molecule has 2 nitrogen and oxygen atoms in total. The van der Waals surface area contributed by atoms with Crippen molar-refractivity contribution in [1.82, 2.24) is 4.57 Å². The molecule has 68 heavy (non-hydrogen) atoms. The molecule has 13 aromatic rings. The largest absolute Gasteiger partial charge is 0.310 e. The summed E-state index contributed by atoms with van der Waals surface area (Å²) in [6.45, 7) is 0. The van der Waals surface area contributed by atoms with Gasteiger partial charge in [-0.05, 0) is 115 Å². The first-order chi connectivity index (χ1) is 33.7. The highest BCUT2D eigenvalue weighted by atomic mass is 32.1. The zero-order valence-corrected chi connectivity index (χ0v) is 37.7. The number of rotatable bonds is 5. The summed E-state index contributed by atoms with van der Waals surface area (Å²) in [5.41, 5.74) is 19.4. The molecule has 2 aromatic heterocycles. The fourth-order valence-electron chi connectivity index (χ4n) is 12.2. The fourth-order valence-corrected chi connectivity index (χ4v) is 13.5. The molecular formula is C65H40N2S. The van der Waals surface area contributed by atoms with E-state index >= 15 is 0 Å². The summed E-state index contributed by atoms with van der Waals surface area (Å²) < 4.78 is 5.02. The molecule has 15 rings (SSSR count). The highest BCUT2D eigenvalue weighted by molar-refractivity contribution is 7.26. The lowest BCUT2D eigenvalue weighted by atomic mass is 9.70. The molecule has 2 aliphatic rings. The van der Waals surface area contributed by atoms with Crippen LogP contribution < -0.4 is 4.90 Å². The van der Waals surface area contributed by atoms with Crippen molar-refractivity contribution in [3.05, 3.63) is 265 Å². The van der Waals surface area contributed by atoms with Gasteiger partial charge in [-0.25, -0.2) is 0 Å². The quantitative estimate of drug-likeness (QED) is 0.167. The Morgan fingerprint density at radius 3 is 1.68 bits per heavy atom. The smallest absolute Gasteiger partial charge is 0.0726 e. The van der Waals surface area contributed by atoms with E-state index in [0.717, 1.165) is 17.1 Å². The third-order valence-corrected chi connectivity index (χ3v) is 16.2.